The summed E-state index contributed by atoms with van der Waals surface area (Å²) < 4.78 is 43.3. The molecule has 0 bridgehead atoms. The molecule has 0 heterocycles. The number of azo groups is 1. The van der Waals surface area contributed by atoms with Crippen molar-refractivity contribution in [2.24, 2.45) is 10.2 Å². The Hall–Kier alpha value is -3.56. The molecule has 30 heavy (non-hydrogen) atoms. The van der Waals surface area contributed by atoms with Crippen LogP contribution in [0.3, 0.4) is 0 Å². The van der Waals surface area contributed by atoms with Gasteiger partial charge in [-0.3, -0.25) is 0 Å². The van der Waals surface area contributed by atoms with Gasteiger partial charge in [-0.15, -0.1) is 10.2 Å². The quantitative estimate of drug-likeness (QED) is 0.526. The first-order valence-corrected chi connectivity index (χ1v) is 8.70. The Bertz CT molecular complexity index is 841. The summed E-state index contributed by atoms with van der Waals surface area (Å²) in [7, 11) is 12.0. The molecule has 10 heteroatoms. The third kappa shape index (κ3) is 4.07. The number of hydrogen-bond donors (Lipinski definition) is 0. The molecule has 0 spiro atoms. The minimum atomic E-state index is 0.324. The lowest BCUT2D eigenvalue weighted by atomic mass is 10.2. The topological polar surface area (TPSA) is 98.6 Å². The summed E-state index contributed by atoms with van der Waals surface area (Å²) >= 11 is 0. The van der Waals surface area contributed by atoms with Gasteiger partial charge in [0.2, 0.25) is 23.0 Å². The fourth-order valence-corrected chi connectivity index (χ4v) is 2.88. The molecule has 0 radical (unpaired) electrons. The highest BCUT2D eigenvalue weighted by Crippen LogP contribution is 2.52. The van der Waals surface area contributed by atoms with Crippen LogP contribution in [0.4, 0.5) is 11.4 Å². The Morgan fingerprint density at radius 3 is 0.933 bits per heavy atom. The maximum atomic E-state index is 5.47. The van der Waals surface area contributed by atoms with Gasteiger partial charge >= 0.3 is 0 Å². The van der Waals surface area contributed by atoms with Gasteiger partial charge in [0.05, 0.1) is 56.9 Å². The SMILES string of the molecule is COc1cc(/N=N/c2cc(OC)c(OC)c(OC)c2OC)c(OC)c(OC)c1OC. The van der Waals surface area contributed by atoms with Crippen molar-refractivity contribution < 1.29 is 37.9 Å². The van der Waals surface area contributed by atoms with Crippen LogP contribution in [0.2, 0.25) is 0 Å². The smallest absolute Gasteiger partial charge is 0.209 e. The monoisotopic (exact) mass is 422 g/mol. The van der Waals surface area contributed by atoms with Crippen molar-refractivity contribution in [2.75, 3.05) is 56.9 Å². The fourth-order valence-electron chi connectivity index (χ4n) is 2.88. The lowest BCUT2D eigenvalue weighted by Crippen LogP contribution is -1.98. The van der Waals surface area contributed by atoms with Crippen molar-refractivity contribution in [3.8, 4) is 46.0 Å². The second kappa shape index (κ2) is 10.3. The van der Waals surface area contributed by atoms with Crippen LogP contribution in [0, 0.1) is 0 Å². The van der Waals surface area contributed by atoms with Gasteiger partial charge in [-0.1, -0.05) is 0 Å². The summed E-state index contributed by atoms with van der Waals surface area (Å²) in [6, 6.07) is 3.24. The molecule has 2 aromatic rings. The zero-order valence-corrected chi connectivity index (χ0v) is 18.3. The zero-order chi connectivity index (χ0) is 22.3. The van der Waals surface area contributed by atoms with Gasteiger partial charge in [-0.2, -0.15) is 0 Å². The number of methoxy groups -OCH3 is 8. The molecule has 0 aromatic heterocycles. The first kappa shape index (κ1) is 22.7. The van der Waals surface area contributed by atoms with Crippen molar-refractivity contribution >= 4 is 11.4 Å². The molecule has 0 saturated heterocycles. The summed E-state index contributed by atoms with van der Waals surface area (Å²) in [6.07, 6.45) is 0. The molecule has 2 rings (SSSR count). The third-order valence-corrected chi connectivity index (χ3v) is 4.20. The van der Waals surface area contributed by atoms with Crippen LogP contribution in [-0.2, 0) is 0 Å². The third-order valence-electron chi connectivity index (χ3n) is 4.20. The Labute approximate surface area is 175 Å². The van der Waals surface area contributed by atoms with E-state index in [-0.39, 0.29) is 0 Å². The highest BCUT2D eigenvalue weighted by molar-refractivity contribution is 5.72. The average Bonchev–Trinajstić information content (AvgIpc) is 2.79. The van der Waals surface area contributed by atoms with Crippen LogP contribution in [0.1, 0.15) is 0 Å². The van der Waals surface area contributed by atoms with E-state index in [1.165, 1.54) is 56.9 Å². The van der Waals surface area contributed by atoms with E-state index in [9.17, 15) is 0 Å². The molecule has 0 aliphatic carbocycles. The van der Waals surface area contributed by atoms with Crippen LogP contribution in [0.5, 0.6) is 46.0 Å². The first-order chi connectivity index (χ1) is 14.5. The van der Waals surface area contributed by atoms with E-state index in [4.69, 9.17) is 37.9 Å². The number of rotatable bonds is 10. The molecular weight excluding hydrogens is 396 g/mol. The van der Waals surface area contributed by atoms with Crippen LogP contribution in [0.25, 0.3) is 0 Å². The van der Waals surface area contributed by atoms with E-state index in [0.717, 1.165) is 0 Å². The van der Waals surface area contributed by atoms with E-state index in [0.29, 0.717) is 57.4 Å². The molecule has 164 valence electrons. The highest BCUT2D eigenvalue weighted by Gasteiger charge is 2.24. The van der Waals surface area contributed by atoms with E-state index >= 15 is 0 Å². The highest BCUT2D eigenvalue weighted by atomic mass is 16.6. The molecule has 10 nitrogen and oxygen atoms in total. The largest absolute Gasteiger partial charge is 0.493 e. The number of ether oxygens (including phenoxy) is 8. The minimum absolute atomic E-state index is 0.324. The summed E-state index contributed by atoms with van der Waals surface area (Å²) in [4.78, 5) is 0. The zero-order valence-electron chi connectivity index (χ0n) is 18.3. The van der Waals surface area contributed by atoms with Crippen molar-refractivity contribution in [3.05, 3.63) is 12.1 Å². The van der Waals surface area contributed by atoms with Crippen molar-refractivity contribution in [2.45, 2.75) is 0 Å². The maximum Gasteiger partial charge on any atom is 0.209 e. The van der Waals surface area contributed by atoms with E-state index in [2.05, 4.69) is 10.2 Å². The summed E-state index contributed by atoms with van der Waals surface area (Å²) in [5, 5.41) is 8.61. The fraction of sp³-hybridized carbons (Fsp3) is 0.400. The second-order valence-corrected chi connectivity index (χ2v) is 5.60. The molecule has 0 fully saturated rings. The van der Waals surface area contributed by atoms with Crippen LogP contribution < -0.4 is 37.9 Å². The maximum absolute atomic E-state index is 5.47. The standard InChI is InChI=1S/C20H26N2O8/c1-23-13-9-11(15(25-3)19(29-7)17(13)27-5)21-22-12-10-14(24-2)18(28-6)20(30-8)16(12)26-4/h9-10H,1-8H3/b22-21+. The normalized spacial score (nSPS) is 10.5. The number of hydrogen-bond acceptors (Lipinski definition) is 10. The predicted octanol–water partition coefficient (Wildman–Crippen LogP) is 4.17. The predicted molar refractivity (Wildman–Crippen MR) is 109 cm³/mol. The molecule has 0 unspecified atom stereocenters. The van der Waals surface area contributed by atoms with Gasteiger partial charge in [0.1, 0.15) is 11.4 Å². The molecule has 0 N–H and O–H groups in total. The van der Waals surface area contributed by atoms with Gasteiger partial charge in [0.25, 0.3) is 0 Å². The van der Waals surface area contributed by atoms with Gasteiger partial charge < -0.3 is 37.9 Å². The molecule has 0 aliphatic heterocycles. The van der Waals surface area contributed by atoms with Gasteiger partial charge in [-0.25, -0.2) is 0 Å². The molecule has 0 saturated carbocycles. The van der Waals surface area contributed by atoms with E-state index in [1.807, 2.05) is 0 Å². The minimum Gasteiger partial charge on any atom is -0.493 e. The van der Waals surface area contributed by atoms with Crippen LogP contribution in [0.15, 0.2) is 22.4 Å². The Kier molecular flexibility index (Phi) is 7.79. The second-order valence-electron chi connectivity index (χ2n) is 5.60. The molecule has 0 atom stereocenters. The van der Waals surface area contributed by atoms with Crippen molar-refractivity contribution in [1.82, 2.24) is 0 Å². The van der Waals surface area contributed by atoms with Gasteiger partial charge in [0, 0.05) is 12.1 Å². The lowest BCUT2D eigenvalue weighted by Gasteiger charge is -2.17. The molecule has 0 aliphatic rings. The summed E-state index contributed by atoms with van der Waals surface area (Å²) in [6.45, 7) is 0. The summed E-state index contributed by atoms with van der Waals surface area (Å²) in [5.41, 5.74) is 0.700. The number of benzene rings is 2. The van der Waals surface area contributed by atoms with Gasteiger partial charge in [0.15, 0.2) is 23.0 Å². The van der Waals surface area contributed by atoms with Crippen molar-refractivity contribution in [1.29, 1.82) is 0 Å². The van der Waals surface area contributed by atoms with E-state index in [1.54, 1.807) is 12.1 Å². The molecule has 2 aromatic carbocycles. The Morgan fingerprint density at radius 2 is 0.700 bits per heavy atom. The Morgan fingerprint density at radius 1 is 0.400 bits per heavy atom. The molecular formula is C20H26N2O8. The first-order valence-electron chi connectivity index (χ1n) is 8.70. The van der Waals surface area contributed by atoms with Crippen LogP contribution in [-0.4, -0.2) is 56.9 Å². The average molecular weight is 422 g/mol. The van der Waals surface area contributed by atoms with Crippen molar-refractivity contribution in [3.63, 3.8) is 0 Å². The number of nitrogens with zero attached hydrogens (tertiary/aromatic N) is 2. The Balaban J connectivity index is 2.70. The lowest BCUT2D eigenvalue weighted by molar-refractivity contribution is 0.305. The van der Waals surface area contributed by atoms with E-state index < -0.39 is 0 Å². The van der Waals surface area contributed by atoms with Gasteiger partial charge in [-0.05, 0) is 0 Å². The molecule has 0 amide bonds. The van der Waals surface area contributed by atoms with Crippen LogP contribution >= 0.6 is 0 Å². The summed E-state index contributed by atoms with van der Waals surface area (Å²) in [5.74, 6) is 2.86.